The number of carbonyl (C=O) groups excluding carboxylic acids is 2. The molecule has 1 N–H and O–H groups in total. The van der Waals surface area contributed by atoms with Crippen LogP contribution in [0.25, 0.3) is 6.08 Å². The summed E-state index contributed by atoms with van der Waals surface area (Å²) in [5.74, 6) is -0.216. The fourth-order valence-electron chi connectivity index (χ4n) is 2.22. The van der Waals surface area contributed by atoms with E-state index in [2.05, 4.69) is 20.6 Å². The van der Waals surface area contributed by atoms with Crippen LogP contribution in [0.15, 0.2) is 46.9 Å². The molecule has 3 rings (SSSR count). The third-order valence-electron chi connectivity index (χ3n) is 3.34. The van der Waals surface area contributed by atoms with Gasteiger partial charge in [-0.05, 0) is 42.5 Å². The summed E-state index contributed by atoms with van der Waals surface area (Å²) in [6.45, 7) is 3.87. The molecule has 1 aliphatic rings. The molecule has 1 aromatic carbocycles. The summed E-state index contributed by atoms with van der Waals surface area (Å²) >= 11 is 1.30. The highest BCUT2D eigenvalue weighted by Crippen LogP contribution is 2.32. The monoisotopic (exact) mass is 356 g/mol. The minimum absolute atomic E-state index is 0.0924. The number of rotatable bonds is 4. The number of amidine groups is 1. The number of nitrogens with one attached hydrogen (secondary N) is 1. The fourth-order valence-corrected chi connectivity index (χ4v) is 3.27. The van der Waals surface area contributed by atoms with Crippen molar-refractivity contribution in [1.29, 1.82) is 0 Å². The third kappa shape index (κ3) is 3.94. The standard InChI is InChI=1S/C16H16N6O2S/c1-3-22-15(24)14(25-16(22)20-21-9-17-18-10-21)8-12-4-6-13(7-5-12)19-11(2)23/h4-10H,3H2,1-2H3,(H,19,23)/b14-8-,20-16-. The van der Waals surface area contributed by atoms with Gasteiger partial charge in [0.2, 0.25) is 5.91 Å². The minimum Gasteiger partial charge on any atom is -0.326 e. The number of aromatic nitrogens is 3. The van der Waals surface area contributed by atoms with Gasteiger partial charge in [-0.2, -0.15) is 0 Å². The quantitative estimate of drug-likeness (QED) is 0.846. The summed E-state index contributed by atoms with van der Waals surface area (Å²) in [5.41, 5.74) is 1.58. The van der Waals surface area contributed by atoms with Gasteiger partial charge in [0, 0.05) is 19.2 Å². The van der Waals surface area contributed by atoms with Crippen molar-refractivity contribution in [3.63, 3.8) is 0 Å². The molecule has 1 fully saturated rings. The van der Waals surface area contributed by atoms with Gasteiger partial charge < -0.3 is 5.32 Å². The van der Waals surface area contributed by atoms with Crippen LogP contribution in [0.4, 0.5) is 5.69 Å². The molecule has 128 valence electrons. The summed E-state index contributed by atoms with van der Waals surface area (Å²) in [6, 6.07) is 7.28. The van der Waals surface area contributed by atoms with Gasteiger partial charge in [-0.1, -0.05) is 12.1 Å². The second-order valence-electron chi connectivity index (χ2n) is 5.19. The normalized spacial score (nSPS) is 17.5. The SMILES string of the molecule is CCN1C(=O)/C(=C/c2ccc(NC(C)=O)cc2)S/C1=N\n1cnnc1. The second kappa shape index (κ2) is 7.31. The van der Waals surface area contributed by atoms with Crippen molar-refractivity contribution in [3.8, 4) is 0 Å². The van der Waals surface area contributed by atoms with E-state index in [0.29, 0.717) is 22.3 Å². The lowest BCUT2D eigenvalue weighted by molar-refractivity contribution is -0.122. The molecule has 25 heavy (non-hydrogen) atoms. The molecule has 0 radical (unpaired) electrons. The van der Waals surface area contributed by atoms with Gasteiger partial charge in [-0.25, -0.2) is 4.68 Å². The molecule has 0 bridgehead atoms. The molecular weight excluding hydrogens is 340 g/mol. The molecule has 1 aromatic heterocycles. The molecule has 0 aliphatic carbocycles. The number of thioether (sulfide) groups is 1. The van der Waals surface area contributed by atoms with Crippen molar-refractivity contribution < 1.29 is 9.59 Å². The lowest BCUT2D eigenvalue weighted by Crippen LogP contribution is -2.29. The zero-order chi connectivity index (χ0) is 17.8. The van der Waals surface area contributed by atoms with Crippen molar-refractivity contribution >= 4 is 40.5 Å². The molecule has 0 atom stereocenters. The van der Waals surface area contributed by atoms with Crippen LogP contribution in [0.1, 0.15) is 19.4 Å². The predicted octanol–water partition coefficient (Wildman–Crippen LogP) is 1.99. The maximum Gasteiger partial charge on any atom is 0.266 e. The first kappa shape index (κ1) is 16.9. The Kier molecular flexibility index (Phi) is 4.94. The third-order valence-corrected chi connectivity index (χ3v) is 4.34. The number of nitrogens with zero attached hydrogens (tertiary/aromatic N) is 5. The van der Waals surface area contributed by atoms with Gasteiger partial charge in [0.1, 0.15) is 12.7 Å². The molecule has 0 unspecified atom stereocenters. The molecule has 2 heterocycles. The first-order valence-electron chi connectivity index (χ1n) is 7.59. The van der Waals surface area contributed by atoms with Crippen molar-refractivity contribution in [2.45, 2.75) is 13.8 Å². The summed E-state index contributed by atoms with van der Waals surface area (Å²) in [6.07, 6.45) is 4.74. The highest BCUT2D eigenvalue weighted by molar-refractivity contribution is 8.18. The Bertz CT molecular complexity index is 842. The van der Waals surface area contributed by atoms with E-state index in [4.69, 9.17) is 0 Å². The number of amides is 2. The van der Waals surface area contributed by atoms with Crippen molar-refractivity contribution in [2.24, 2.45) is 5.10 Å². The van der Waals surface area contributed by atoms with E-state index in [1.807, 2.05) is 25.1 Å². The Labute approximate surface area is 148 Å². The zero-order valence-corrected chi connectivity index (χ0v) is 14.5. The Morgan fingerprint density at radius 1 is 1.28 bits per heavy atom. The van der Waals surface area contributed by atoms with Crippen LogP contribution < -0.4 is 5.32 Å². The van der Waals surface area contributed by atoms with Crippen LogP contribution >= 0.6 is 11.8 Å². The summed E-state index contributed by atoms with van der Waals surface area (Å²) in [7, 11) is 0. The van der Waals surface area contributed by atoms with Crippen LogP contribution in [0, 0.1) is 0 Å². The Hall–Kier alpha value is -2.94. The number of carbonyl (C=O) groups is 2. The number of benzene rings is 1. The Morgan fingerprint density at radius 3 is 2.56 bits per heavy atom. The van der Waals surface area contributed by atoms with E-state index in [-0.39, 0.29) is 11.8 Å². The number of hydrogen-bond donors (Lipinski definition) is 1. The van der Waals surface area contributed by atoms with Gasteiger partial charge in [-0.3, -0.25) is 14.5 Å². The van der Waals surface area contributed by atoms with Crippen molar-refractivity contribution in [2.75, 3.05) is 11.9 Å². The van der Waals surface area contributed by atoms with E-state index in [1.54, 1.807) is 17.0 Å². The molecule has 0 saturated carbocycles. The topological polar surface area (TPSA) is 92.5 Å². The van der Waals surface area contributed by atoms with Crippen molar-refractivity contribution in [3.05, 3.63) is 47.4 Å². The second-order valence-corrected chi connectivity index (χ2v) is 6.20. The molecule has 2 aromatic rings. The van der Waals surface area contributed by atoms with E-state index in [9.17, 15) is 9.59 Å². The highest BCUT2D eigenvalue weighted by atomic mass is 32.2. The highest BCUT2D eigenvalue weighted by Gasteiger charge is 2.32. The lowest BCUT2D eigenvalue weighted by Gasteiger charge is -2.11. The predicted molar refractivity (Wildman–Crippen MR) is 96.6 cm³/mol. The van der Waals surface area contributed by atoms with Gasteiger partial charge in [-0.15, -0.1) is 15.3 Å². The average Bonchev–Trinajstić information content (AvgIpc) is 3.18. The van der Waals surface area contributed by atoms with E-state index in [1.165, 1.54) is 36.0 Å². The van der Waals surface area contributed by atoms with Gasteiger partial charge in [0.05, 0.1) is 4.91 Å². The maximum atomic E-state index is 12.6. The summed E-state index contributed by atoms with van der Waals surface area (Å²) in [5, 5.41) is 15.0. The largest absolute Gasteiger partial charge is 0.326 e. The van der Waals surface area contributed by atoms with E-state index in [0.717, 1.165) is 5.56 Å². The van der Waals surface area contributed by atoms with Crippen LogP contribution in [-0.2, 0) is 9.59 Å². The summed E-state index contributed by atoms with van der Waals surface area (Å²) < 4.78 is 1.46. The maximum absolute atomic E-state index is 12.6. The Balaban J connectivity index is 1.83. The number of hydrogen-bond acceptors (Lipinski definition) is 6. The lowest BCUT2D eigenvalue weighted by atomic mass is 10.2. The van der Waals surface area contributed by atoms with Crippen LogP contribution in [-0.4, -0.2) is 43.3 Å². The molecule has 9 heteroatoms. The van der Waals surface area contributed by atoms with Gasteiger partial charge in [0.15, 0.2) is 5.17 Å². The van der Waals surface area contributed by atoms with Gasteiger partial charge >= 0.3 is 0 Å². The zero-order valence-electron chi connectivity index (χ0n) is 13.7. The minimum atomic E-state index is -0.124. The van der Waals surface area contributed by atoms with Crippen LogP contribution in [0.3, 0.4) is 0 Å². The molecule has 2 amide bonds. The van der Waals surface area contributed by atoms with Crippen LogP contribution in [0.2, 0.25) is 0 Å². The summed E-state index contributed by atoms with van der Waals surface area (Å²) in [4.78, 5) is 25.8. The van der Waals surface area contributed by atoms with E-state index >= 15 is 0 Å². The smallest absolute Gasteiger partial charge is 0.266 e. The average molecular weight is 356 g/mol. The molecular formula is C16H16N6O2S. The number of anilines is 1. The Morgan fingerprint density at radius 2 is 1.96 bits per heavy atom. The molecule has 8 nitrogen and oxygen atoms in total. The van der Waals surface area contributed by atoms with E-state index < -0.39 is 0 Å². The molecule has 1 aliphatic heterocycles. The molecule has 0 spiro atoms. The first-order valence-corrected chi connectivity index (χ1v) is 8.41. The molecule has 1 saturated heterocycles. The first-order chi connectivity index (χ1) is 12.1. The number of likely N-dealkylation sites (N-methyl/N-ethyl adjacent to an activating group) is 1. The van der Waals surface area contributed by atoms with Gasteiger partial charge in [0.25, 0.3) is 5.91 Å². The van der Waals surface area contributed by atoms with Crippen LogP contribution in [0.5, 0.6) is 0 Å². The van der Waals surface area contributed by atoms with Crippen molar-refractivity contribution in [1.82, 2.24) is 19.8 Å². The fraction of sp³-hybridized carbons (Fsp3) is 0.188.